The number of cyclic esters (lactones) is 1. The Morgan fingerprint density at radius 3 is 2.30 bits per heavy atom. The topological polar surface area (TPSA) is 92.9 Å². The molecular weight excluding hydrogens is 438 g/mol. The van der Waals surface area contributed by atoms with E-state index in [0.717, 1.165) is 80.1 Å². The predicted molar refractivity (Wildman–Crippen MR) is 134 cm³/mol. The summed E-state index contributed by atoms with van der Waals surface area (Å²) in [5.41, 5.74) is 5.93. The first kappa shape index (κ1) is 27.3. The number of hydrogen-bond acceptors (Lipinski definition) is 7. The van der Waals surface area contributed by atoms with Crippen molar-refractivity contribution in [3.8, 4) is 0 Å². The maximum absolute atomic E-state index is 12.4. The number of carbonyl (C=O) groups is 3. The van der Waals surface area contributed by atoms with E-state index in [2.05, 4.69) is 4.90 Å². The van der Waals surface area contributed by atoms with Crippen molar-refractivity contribution in [1.29, 1.82) is 0 Å². The highest BCUT2D eigenvalue weighted by Crippen LogP contribution is 2.46. The number of rotatable bonds is 3. The van der Waals surface area contributed by atoms with Gasteiger partial charge < -0.3 is 15.4 Å². The lowest BCUT2D eigenvalue weighted by Crippen LogP contribution is -2.52. The summed E-state index contributed by atoms with van der Waals surface area (Å²) in [6, 6.07) is 2.33. The van der Waals surface area contributed by atoms with E-state index in [-0.39, 0.29) is 22.8 Å². The van der Waals surface area contributed by atoms with Crippen molar-refractivity contribution >= 4 is 34.5 Å². The Morgan fingerprint density at radius 2 is 1.88 bits per heavy atom. The highest BCUT2D eigenvalue weighted by molar-refractivity contribution is 7.18. The molecule has 7 nitrogen and oxygen atoms in total. The van der Waals surface area contributed by atoms with E-state index in [1.165, 1.54) is 11.3 Å². The third kappa shape index (κ3) is 6.79. The SMILES string of the molecule is CC.CC(=O)c1cc(C)c(N)s1.CC1(C)CC2(CCCN(C3CCN(C=O)CC3)C2)C(=O)O1. The quantitative estimate of drug-likeness (QED) is 0.395. The van der Waals surface area contributed by atoms with Crippen LogP contribution in [0.5, 0.6) is 0 Å². The first-order chi connectivity index (χ1) is 15.5. The summed E-state index contributed by atoms with van der Waals surface area (Å²) >= 11 is 1.35. The van der Waals surface area contributed by atoms with E-state index in [0.29, 0.717) is 6.04 Å². The van der Waals surface area contributed by atoms with Crippen LogP contribution >= 0.6 is 11.3 Å². The summed E-state index contributed by atoms with van der Waals surface area (Å²) in [6.07, 6.45) is 5.85. The Hall–Kier alpha value is -1.93. The number of thiophene rings is 1. The Kier molecular flexibility index (Phi) is 9.49. The molecule has 2 N–H and O–H groups in total. The number of amides is 1. The Labute approximate surface area is 202 Å². The second-order valence-corrected chi connectivity index (χ2v) is 10.9. The van der Waals surface area contributed by atoms with Gasteiger partial charge in [0.05, 0.1) is 15.3 Å². The molecule has 1 spiro atoms. The molecule has 4 rings (SSSR count). The maximum atomic E-state index is 12.4. The molecule has 0 aliphatic carbocycles. The predicted octanol–water partition coefficient (Wildman–Crippen LogP) is 4.28. The molecule has 0 radical (unpaired) electrons. The molecule has 1 amide bonds. The molecule has 0 saturated carbocycles. The number of aryl methyl sites for hydroxylation is 1. The molecule has 186 valence electrons. The van der Waals surface area contributed by atoms with Gasteiger partial charge in [0, 0.05) is 32.1 Å². The second kappa shape index (κ2) is 11.5. The number of anilines is 1. The lowest BCUT2D eigenvalue weighted by molar-refractivity contribution is -0.154. The van der Waals surface area contributed by atoms with Gasteiger partial charge in [-0.25, -0.2) is 0 Å². The molecule has 4 heterocycles. The number of likely N-dealkylation sites (tertiary alicyclic amines) is 2. The molecule has 0 aromatic carbocycles. The van der Waals surface area contributed by atoms with Gasteiger partial charge in [-0.3, -0.25) is 19.3 Å². The van der Waals surface area contributed by atoms with Crippen molar-refractivity contribution in [2.24, 2.45) is 5.41 Å². The number of esters is 1. The van der Waals surface area contributed by atoms with Crippen LogP contribution in [0.25, 0.3) is 0 Å². The molecule has 1 unspecified atom stereocenters. The average molecular weight is 480 g/mol. The van der Waals surface area contributed by atoms with Gasteiger partial charge in [0.2, 0.25) is 6.41 Å². The van der Waals surface area contributed by atoms with Gasteiger partial charge in [0.25, 0.3) is 0 Å². The largest absolute Gasteiger partial charge is 0.459 e. The highest BCUT2D eigenvalue weighted by atomic mass is 32.1. The van der Waals surface area contributed by atoms with Gasteiger partial charge in [0.1, 0.15) is 5.60 Å². The van der Waals surface area contributed by atoms with Crippen molar-refractivity contribution < 1.29 is 19.1 Å². The number of piperidine rings is 2. The van der Waals surface area contributed by atoms with Gasteiger partial charge in [-0.1, -0.05) is 13.8 Å². The van der Waals surface area contributed by atoms with Crippen molar-refractivity contribution in [3.05, 3.63) is 16.5 Å². The summed E-state index contributed by atoms with van der Waals surface area (Å²) in [7, 11) is 0. The van der Waals surface area contributed by atoms with Crippen LogP contribution in [-0.4, -0.2) is 65.8 Å². The van der Waals surface area contributed by atoms with Crippen LogP contribution in [-0.2, 0) is 14.3 Å². The molecule has 1 aromatic rings. The molecule has 1 aromatic heterocycles. The summed E-state index contributed by atoms with van der Waals surface area (Å²) in [5.74, 6) is 0.0901. The van der Waals surface area contributed by atoms with Crippen LogP contribution in [0.1, 0.15) is 82.0 Å². The second-order valence-electron chi connectivity index (χ2n) is 9.77. The van der Waals surface area contributed by atoms with E-state index >= 15 is 0 Å². The standard InChI is InChI=1S/C16H26N2O3.C7H9NOS.C2H6/c1-15(2)10-16(14(20)21-15)6-3-7-18(11-16)13-4-8-17(12-19)9-5-13;1-4-3-6(5(2)9)10-7(4)8;1-2/h12-13H,3-11H2,1-2H3;3H,8H2,1-2H3;1-2H3. The zero-order valence-corrected chi connectivity index (χ0v) is 21.9. The Balaban J connectivity index is 0.000000270. The van der Waals surface area contributed by atoms with Crippen molar-refractivity contribution in [3.63, 3.8) is 0 Å². The minimum atomic E-state index is -0.318. The zero-order valence-electron chi connectivity index (χ0n) is 21.1. The lowest BCUT2D eigenvalue weighted by atomic mass is 9.74. The van der Waals surface area contributed by atoms with Crippen molar-refractivity contribution in [2.75, 3.05) is 31.9 Å². The van der Waals surface area contributed by atoms with Crippen molar-refractivity contribution in [1.82, 2.24) is 9.80 Å². The fraction of sp³-hybridized carbons (Fsp3) is 0.720. The van der Waals surface area contributed by atoms with Crippen LogP contribution in [0, 0.1) is 12.3 Å². The summed E-state index contributed by atoms with van der Waals surface area (Å²) in [5, 5.41) is 0.741. The first-order valence-corrected chi connectivity index (χ1v) is 12.9. The summed E-state index contributed by atoms with van der Waals surface area (Å²) in [4.78, 5) is 39.0. The number of nitrogen functional groups attached to an aromatic ring is 1. The van der Waals surface area contributed by atoms with E-state index in [1.54, 1.807) is 6.92 Å². The average Bonchev–Trinajstić information content (AvgIpc) is 3.24. The lowest BCUT2D eigenvalue weighted by Gasteiger charge is -2.44. The zero-order chi connectivity index (χ0) is 24.8. The first-order valence-electron chi connectivity index (χ1n) is 12.1. The fourth-order valence-electron chi connectivity index (χ4n) is 5.10. The van der Waals surface area contributed by atoms with Crippen LogP contribution in [0.3, 0.4) is 0 Å². The van der Waals surface area contributed by atoms with E-state index in [9.17, 15) is 14.4 Å². The third-order valence-electron chi connectivity index (χ3n) is 6.64. The van der Waals surface area contributed by atoms with Gasteiger partial charge in [-0.05, 0) is 71.6 Å². The number of nitrogens with zero attached hydrogens (tertiary/aromatic N) is 2. The third-order valence-corrected chi connectivity index (χ3v) is 7.81. The van der Waals surface area contributed by atoms with Gasteiger partial charge in [-0.15, -0.1) is 11.3 Å². The molecular formula is C25H41N3O4S. The number of ketones is 1. The molecule has 3 fully saturated rings. The molecule has 3 aliphatic rings. The monoisotopic (exact) mass is 479 g/mol. The molecule has 0 bridgehead atoms. The number of carbonyl (C=O) groups excluding carboxylic acids is 3. The van der Waals surface area contributed by atoms with E-state index < -0.39 is 0 Å². The minimum Gasteiger partial charge on any atom is -0.459 e. The van der Waals surface area contributed by atoms with Crippen molar-refractivity contribution in [2.45, 2.75) is 85.3 Å². The van der Waals surface area contributed by atoms with E-state index in [1.807, 2.05) is 45.6 Å². The molecule has 8 heteroatoms. The number of hydrogen-bond donors (Lipinski definition) is 1. The molecule has 33 heavy (non-hydrogen) atoms. The highest BCUT2D eigenvalue weighted by Gasteiger charge is 2.54. The van der Waals surface area contributed by atoms with E-state index in [4.69, 9.17) is 10.5 Å². The molecule has 1 atom stereocenters. The van der Waals surface area contributed by atoms with Crippen LogP contribution in [0.15, 0.2) is 6.07 Å². The molecule has 3 aliphatic heterocycles. The fourth-order valence-corrected chi connectivity index (χ4v) is 5.93. The summed E-state index contributed by atoms with van der Waals surface area (Å²) in [6.45, 7) is 15.1. The van der Waals surface area contributed by atoms with Gasteiger partial charge in [-0.2, -0.15) is 0 Å². The maximum Gasteiger partial charge on any atom is 0.314 e. The normalized spacial score (nSPS) is 24.9. The smallest absolute Gasteiger partial charge is 0.314 e. The van der Waals surface area contributed by atoms with Crippen LogP contribution in [0.4, 0.5) is 5.00 Å². The number of ether oxygens (including phenoxy) is 1. The summed E-state index contributed by atoms with van der Waals surface area (Å²) < 4.78 is 5.59. The molecule has 3 saturated heterocycles. The van der Waals surface area contributed by atoms with Crippen LogP contribution in [0.2, 0.25) is 0 Å². The van der Waals surface area contributed by atoms with Gasteiger partial charge in [0.15, 0.2) is 5.78 Å². The number of nitrogens with two attached hydrogens (primary N) is 1. The Bertz CT molecular complexity index is 810. The number of Topliss-reactive ketones (excluding diaryl/α,β-unsaturated/α-hetero) is 1. The van der Waals surface area contributed by atoms with Crippen LogP contribution < -0.4 is 5.73 Å². The minimum absolute atomic E-state index is 0.00234. The Morgan fingerprint density at radius 1 is 1.24 bits per heavy atom. The van der Waals surface area contributed by atoms with Gasteiger partial charge >= 0.3 is 5.97 Å².